The standard InChI is InChI=1S/C27H23N3O3S/c1-18-11-13-20(14-12-18)16-30-26(32)25-24(21-9-5-6-10-22(21)33-25)29-27(30)34-17-23(31)28-15-19-7-3-2-4-8-19/h2-14H,15-17H2,1H3,(H,28,31). The van der Waals surface area contributed by atoms with Gasteiger partial charge in [0.15, 0.2) is 5.16 Å². The van der Waals surface area contributed by atoms with E-state index in [0.717, 1.165) is 22.1 Å². The molecule has 0 aliphatic carbocycles. The second-order valence-corrected chi connectivity index (χ2v) is 9.04. The second-order valence-electron chi connectivity index (χ2n) is 8.10. The number of nitrogens with zero attached hydrogens (tertiary/aromatic N) is 2. The first-order valence-corrected chi connectivity index (χ1v) is 12.0. The van der Waals surface area contributed by atoms with Crippen molar-refractivity contribution in [3.05, 3.63) is 106 Å². The minimum atomic E-state index is -0.256. The van der Waals surface area contributed by atoms with E-state index in [0.29, 0.717) is 29.3 Å². The topological polar surface area (TPSA) is 77.1 Å². The third-order valence-corrected chi connectivity index (χ3v) is 6.55. The van der Waals surface area contributed by atoms with Crippen LogP contribution in [-0.2, 0) is 17.9 Å². The quantitative estimate of drug-likeness (QED) is 0.271. The summed E-state index contributed by atoms with van der Waals surface area (Å²) in [6, 6.07) is 25.2. The molecule has 0 bridgehead atoms. The fraction of sp³-hybridized carbons (Fsp3) is 0.148. The van der Waals surface area contributed by atoms with E-state index >= 15 is 0 Å². The average molecular weight is 470 g/mol. The third kappa shape index (κ3) is 4.61. The Labute approximate surface area is 200 Å². The van der Waals surface area contributed by atoms with Crippen LogP contribution in [0.5, 0.6) is 0 Å². The maximum Gasteiger partial charge on any atom is 0.298 e. The molecule has 0 aliphatic rings. The van der Waals surface area contributed by atoms with Crippen LogP contribution in [0, 0.1) is 6.92 Å². The van der Waals surface area contributed by atoms with E-state index < -0.39 is 0 Å². The van der Waals surface area contributed by atoms with Gasteiger partial charge in [0, 0.05) is 11.9 Å². The molecule has 0 spiro atoms. The molecule has 2 aromatic heterocycles. The number of aromatic nitrogens is 2. The maximum atomic E-state index is 13.5. The van der Waals surface area contributed by atoms with Crippen LogP contribution < -0.4 is 10.9 Å². The number of amides is 1. The van der Waals surface area contributed by atoms with Crippen molar-refractivity contribution >= 4 is 39.7 Å². The second kappa shape index (κ2) is 9.57. The van der Waals surface area contributed by atoms with Crippen molar-refractivity contribution in [2.45, 2.75) is 25.2 Å². The smallest absolute Gasteiger partial charge is 0.298 e. The van der Waals surface area contributed by atoms with E-state index in [1.54, 1.807) is 4.57 Å². The summed E-state index contributed by atoms with van der Waals surface area (Å²) in [5.41, 5.74) is 4.26. The highest BCUT2D eigenvalue weighted by Crippen LogP contribution is 2.27. The van der Waals surface area contributed by atoms with Crippen LogP contribution in [0.3, 0.4) is 0 Å². The van der Waals surface area contributed by atoms with Gasteiger partial charge in [-0.2, -0.15) is 0 Å². The lowest BCUT2D eigenvalue weighted by molar-refractivity contribution is -0.118. The molecule has 5 rings (SSSR count). The summed E-state index contributed by atoms with van der Waals surface area (Å²) in [7, 11) is 0. The molecule has 0 unspecified atom stereocenters. The summed E-state index contributed by atoms with van der Waals surface area (Å²) in [6.45, 7) is 2.82. The summed E-state index contributed by atoms with van der Waals surface area (Å²) in [4.78, 5) is 30.8. The molecule has 0 radical (unpaired) electrons. The first kappa shape index (κ1) is 22.0. The average Bonchev–Trinajstić information content (AvgIpc) is 3.24. The fourth-order valence-electron chi connectivity index (χ4n) is 3.76. The molecule has 0 atom stereocenters. The van der Waals surface area contributed by atoms with Crippen LogP contribution in [0.25, 0.3) is 22.1 Å². The van der Waals surface area contributed by atoms with Gasteiger partial charge in [-0.15, -0.1) is 0 Å². The van der Waals surface area contributed by atoms with Gasteiger partial charge >= 0.3 is 0 Å². The van der Waals surface area contributed by atoms with Crippen molar-refractivity contribution in [3.63, 3.8) is 0 Å². The Balaban J connectivity index is 1.46. The molecule has 0 fully saturated rings. The minimum absolute atomic E-state index is 0.123. The van der Waals surface area contributed by atoms with Gasteiger partial charge in [-0.05, 0) is 30.2 Å². The highest BCUT2D eigenvalue weighted by molar-refractivity contribution is 7.99. The lowest BCUT2D eigenvalue weighted by atomic mass is 10.1. The number of para-hydroxylation sites is 1. The molecule has 1 N–H and O–H groups in total. The zero-order valence-electron chi connectivity index (χ0n) is 18.7. The summed E-state index contributed by atoms with van der Waals surface area (Å²) < 4.78 is 7.45. The van der Waals surface area contributed by atoms with Gasteiger partial charge in [-0.3, -0.25) is 14.2 Å². The molecule has 0 saturated heterocycles. The lowest BCUT2D eigenvalue weighted by Crippen LogP contribution is -2.27. The number of rotatable bonds is 7. The van der Waals surface area contributed by atoms with Crippen LogP contribution >= 0.6 is 11.8 Å². The van der Waals surface area contributed by atoms with Gasteiger partial charge in [0.1, 0.15) is 11.1 Å². The van der Waals surface area contributed by atoms with Crippen LogP contribution in [0.4, 0.5) is 0 Å². The maximum absolute atomic E-state index is 13.5. The van der Waals surface area contributed by atoms with Crippen molar-refractivity contribution in [2.24, 2.45) is 0 Å². The van der Waals surface area contributed by atoms with Crippen LogP contribution in [0.2, 0.25) is 0 Å². The van der Waals surface area contributed by atoms with E-state index in [4.69, 9.17) is 9.40 Å². The number of hydrogen-bond donors (Lipinski definition) is 1. The Morgan fingerprint density at radius 2 is 1.71 bits per heavy atom. The predicted octanol–water partition coefficient (Wildman–Crippen LogP) is 4.91. The Morgan fingerprint density at radius 3 is 2.50 bits per heavy atom. The Kier molecular flexibility index (Phi) is 6.18. The Morgan fingerprint density at radius 1 is 0.971 bits per heavy atom. The molecule has 34 heavy (non-hydrogen) atoms. The predicted molar refractivity (Wildman–Crippen MR) is 135 cm³/mol. The summed E-state index contributed by atoms with van der Waals surface area (Å²) in [6.07, 6.45) is 0. The molecular formula is C27H23N3O3S. The van der Waals surface area contributed by atoms with Crippen molar-refractivity contribution in [1.82, 2.24) is 14.9 Å². The van der Waals surface area contributed by atoms with Gasteiger partial charge in [-0.25, -0.2) is 4.98 Å². The van der Waals surface area contributed by atoms with E-state index in [2.05, 4.69) is 5.32 Å². The summed E-state index contributed by atoms with van der Waals surface area (Å²) in [5.74, 6) is 0.0243. The molecule has 7 heteroatoms. The van der Waals surface area contributed by atoms with Crippen molar-refractivity contribution in [2.75, 3.05) is 5.75 Å². The number of aryl methyl sites for hydroxylation is 1. The molecule has 6 nitrogen and oxygen atoms in total. The zero-order valence-corrected chi connectivity index (χ0v) is 19.5. The zero-order chi connectivity index (χ0) is 23.5. The molecule has 5 aromatic rings. The van der Waals surface area contributed by atoms with Crippen molar-refractivity contribution in [1.29, 1.82) is 0 Å². The number of fused-ring (bicyclic) bond motifs is 3. The fourth-order valence-corrected chi connectivity index (χ4v) is 4.58. The lowest BCUT2D eigenvalue weighted by Gasteiger charge is -2.12. The summed E-state index contributed by atoms with van der Waals surface area (Å²) in [5, 5.41) is 4.20. The van der Waals surface area contributed by atoms with Crippen molar-refractivity contribution in [3.8, 4) is 0 Å². The Bertz CT molecular complexity index is 1520. The summed E-state index contributed by atoms with van der Waals surface area (Å²) >= 11 is 1.25. The third-order valence-electron chi connectivity index (χ3n) is 5.57. The SMILES string of the molecule is Cc1ccc(Cn2c(SCC(=O)NCc3ccccc3)nc3c(oc4ccccc43)c2=O)cc1. The molecular weight excluding hydrogens is 446 g/mol. The minimum Gasteiger partial charge on any atom is -0.448 e. The number of carbonyl (C=O) groups is 1. The highest BCUT2D eigenvalue weighted by atomic mass is 32.2. The number of benzene rings is 3. The van der Waals surface area contributed by atoms with Gasteiger partial charge in [0.2, 0.25) is 11.5 Å². The van der Waals surface area contributed by atoms with Gasteiger partial charge < -0.3 is 9.73 Å². The number of nitrogens with one attached hydrogen (secondary N) is 1. The first-order valence-electron chi connectivity index (χ1n) is 11.0. The Hall–Kier alpha value is -3.84. The molecule has 2 heterocycles. The van der Waals surface area contributed by atoms with E-state index in [1.165, 1.54) is 11.8 Å². The van der Waals surface area contributed by atoms with Gasteiger partial charge in [-0.1, -0.05) is 84.1 Å². The van der Waals surface area contributed by atoms with Gasteiger partial charge in [0.05, 0.1) is 12.3 Å². The van der Waals surface area contributed by atoms with Crippen LogP contribution in [0.1, 0.15) is 16.7 Å². The largest absolute Gasteiger partial charge is 0.448 e. The van der Waals surface area contributed by atoms with E-state index in [-0.39, 0.29) is 22.8 Å². The van der Waals surface area contributed by atoms with Crippen molar-refractivity contribution < 1.29 is 9.21 Å². The van der Waals surface area contributed by atoms with E-state index in [9.17, 15) is 9.59 Å². The monoisotopic (exact) mass is 469 g/mol. The molecule has 1 amide bonds. The normalized spacial score (nSPS) is 11.2. The molecule has 0 aliphatic heterocycles. The number of thioether (sulfide) groups is 1. The van der Waals surface area contributed by atoms with E-state index in [1.807, 2.05) is 85.8 Å². The van der Waals surface area contributed by atoms with Gasteiger partial charge in [0.25, 0.3) is 5.56 Å². The first-order chi connectivity index (χ1) is 16.6. The van der Waals surface area contributed by atoms with Crippen LogP contribution in [-0.4, -0.2) is 21.2 Å². The molecule has 0 saturated carbocycles. The number of hydrogen-bond acceptors (Lipinski definition) is 5. The highest BCUT2D eigenvalue weighted by Gasteiger charge is 2.19. The van der Waals surface area contributed by atoms with Crippen LogP contribution in [0.15, 0.2) is 93.2 Å². The number of furan rings is 1. The number of carbonyl (C=O) groups excluding carboxylic acids is 1. The molecule has 170 valence electrons. The molecule has 3 aromatic carbocycles.